The molecular weight excluding hydrogens is 344 g/mol. The summed E-state index contributed by atoms with van der Waals surface area (Å²) in [6.45, 7) is 6.84. The Bertz CT molecular complexity index is 375. The van der Waals surface area contributed by atoms with Crippen molar-refractivity contribution in [3.05, 3.63) is 0 Å². The summed E-state index contributed by atoms with van der Waals surface area (Å²) in [7, 11) is 4.19. The average molecular weight is 388 g/mol. The molecule has 0 saturated heterocycles. The van der Waals surface area contributed by atoms with Crippen LogP contribution in [0.2, 0.25) is 0 Å². The van der Waals surface area contributed by atoms with E-state index in [1.165, 1.54) is 4.90 Å². The van der Waals surface area contributed by atoms with Gasteiger partial charge in [-0.25, -0.2) is 0 Å². The summed E-state index contributed by atoms with van der Waals surface area (Å²) < 4.78 is 10.7. The minimum absolute atomic E-state index is 0.0381. The van der Waals surface area contributed by atoms with Crippen LogP contribution in [-0.2, 0) is 19.1 Å². The molecule has 0 bridgehead atoms. The predicted molar refractivity (Wildman–Crippen MR) is 109 cm³/mol. The number of quaternary nitrogens is 1. The second kappa shape index (κ2) is 18.2. The summed E-state index contributed by atoms with van der Waals surface area (Å²) in [5.74, 6) is -0.670. The first kappa shape index (κ1) is 25.9. The Hall–Kier alpha value is -1.14. The molecule has 0 aliphatic heterocycles. The smallest absolute Gasteiger partial charge is 0.323 e. The molecular formula is C21H43N2O4+. The molecule has 27 heavy (non-hydrogen) atoms. The van der Waals surface area contributed by atoms with Crippen molar-refractivity contribution in [3.63, 3.8) is 0 Å². The maximum atomic E-state index is 12.4. The van der Waals surface area contributed by atoms with Gasteiger partial charge in [-0.3, -0.25) is 9.59 Å². The first-order valence-corrected chi connectivity index (χ1v) is 10.9. The first-order valence-electron chi connectivity index (χ1n) is 10.9. The summed E-state index contributed by atoms with van der Waals surface area (Å²) in [4.78, 5) is 25.8. The zero-order valence-corrected chi connectivity index (χ0v) is 18.1. The van der Waals surface area contributed by atoms with E-state index in [0.29, 0.717) is 19.8 Å². The Morgan fingerprint density at radius 1 is 0.852 bits per heavy atom. The molecule has 0 saturated carbocycles. The number of ether oxygens (including phenoxy) is 2. The fourth-order valence-corrected chi connectivity index (χ4v) is 2.70. The van der Waals surface area contributed by atoms with Gasteiger partial charge in [0.1, 0.15) is 6.04 Å². The molecule has 2 N–H and O–H groups in total. The Kier molecular flexibility index (Phi) is 17.5. The molecule has 0 radical (unpaired) electrons. The van der Waals surface area contributed by atoms with Crippen molar-refractivity contribution in [2.75, 3.05) is 40.4 Å². The van der Waals surface area contributed by atoms with Crippen LogP contribution in [0.15, 0.2) is 0 Å². The Balaban J connectivity index is 4.28. The molecule has 0 aromatic heterocycles. The van der Waals surface area contributed by atoms with Gasteiger partial charge in [0.2, 0.25) is 0 Å². The van der Waals surface area contributed by atoms with Gasteiger partial charge in [0.15, 0.2) is 0 Å². The molecule has 0 spiro atoms. The monoisotopic (exact) mass is 387 g/mol. The van der Waals surface area contributed by atoms with Crippen LogP contribution in [0.5, 0.6) is 0 Å². The maximum absolute atomic E-state index is 12.4. The lowest BCUT2D eigenvalue weighted by Gasteiger charge is -2.17. The lowest BCUT2D eigenvalue weighted by Crippen LogP contribution is -3.05. The van der Waals surface area contributed by atoms with Crippen molar-refractivity contribution < 1.29 is 24.0 Å². The number of esters is 2. The van der Waals surface area contributed by atoms with E-state index >= 15 is 0 Å². The second-order valence-electron chi connectivity index (χ2n) is 7.53. The van der Waals surface area contributed by atoms with Gasteiger partial charge in [0.05, 0.1) is 40.3 Å². The topological polar surface area (TPSA) is 69.1 Å². The van der Waals surface area contributed by atoms with Gasteiger partial charge >= 0.3 is 11.9 Å². The van der Waals surface area contributed by atoms with Crippen molar-refractivity contribution in [2.45, 2.75) is 84.1 Å². The molecule has 6 nitrogen and oxygen atoms in total. The van der Waals surface area contributed by atoms with E-state index < -0.39 is 6.04 Å². The van der Waals surface area contributed by atoms with Gasteiger partial charge in [-0.2, -0.15) is 0 Å². The molecule has 0 aromatic rings. The molecule has 0 amide bonds. The van der Waals surface area contributed by atoms with Crippen molar-refractivity contribution >= 4 is 11.9 Å². The van der Waals surface area contributed by atoms with Crippen molar-refractivity contribution in [1.82, 2.24) is 5.32 Å². The molecule has 0 heterocycles. The van der Waals surface area contributed by atoms with E-state index in [0.717, 1.165) is 64.3 Å². The van der Waals surface area contributed by atoms with Crippen LogP contribution in [0.3, 0.4) is 0 Å². The highest BCUT2D eigenvalue weighted by atomic mass is 16.5. The number of carbonyl (C=O) groups excluding carboxylic acids is 2. The molecule has 0 fully saturated rings. The molecule has 6 heteroatoms. The van der Waals surface area contributed by atoms with E-state index in [1.807, 2.05) is 0 Å². The lowest BCUT2D eigenvalue weighted by atomic mass is 10.2. The number of carbonyl (C=O) groups is 2. The fraction of sp³-hybridized carbons (Fsp3) is 0.905. The van der Waals surface area contributed by atoms with E-state index in [1.54, 1.807) is 0 Å². The van der Waals surface area contributed by atoms with Crippen LogP contribution in [0, 0.1) is 0 Å². The SMILES string of the molecule is CCCCCCOC(=O)CC(NCCC[NH+](C)C)C(=O)OCCCCCC. The zero-order chi connectivity index (χ0) is 20.3. The third-order valence-corrected chi connectivity index (χ3v) is 4.40. The lowest BCUT2D eigenvalue weighted by molar-refractivity contribution is -0.858. The molecule has 0 aliphatic carbocycles. The van der Waals surface area contributed by atoms with Crippen LogP contribution in [-0.4, -0.2) is 58.4 Å². The highest BCUT2D eigenvalue weighted by molar-refractivity contribution is 5.82. The van der Waals surface area contributed by atoms with Gasteiger partial charge in [0, 0.05) is 13.0 Å². The van der Waals surface area contributed by atoms with Crippen LogP contribution >= 0.6 is 0 Å². The second-order valence-corrected chi connectivity index (χ2v) is 7.53. The number of hydrogen-bond acceptors (Lipinski definition) is 5. The standard InChI is InChI=1S/C21H42N2O4/c1-5-7-9-11-16-26-20(24)18-19(22-14-13-15-23(3)4)21(25)27-17-12-10-8-6-2/h19,22H,5-18H2,1-4H3/p+1. The van der Waals surface area contributed by atoms with Gasteiger partial charge in [-0.05, 0) is 12.8 Å². The Morgan fingerprint density at radius 2 is 1.44 bits per heavy atom. The third kappa shape index (κ3) is 16.7. The van der Waals surface area contributed by atoms with Crippen molar-refractivity contribution in [2.24, 2.45) is 0 Å². The van der Waals surface area contributed by atoms with Crippen LogP contribution in [0.1, 0.15) is 78.1 Å². The summed E-state index contributed by atoms with van der Waals surface area (Å²) >= 11 is 0. The summed E-state index contributed by atoms with van der Waals surface area (Å²) in [6.07, 6.45) is 9.46. The summed E-state index contributed by atoms with van der Waals surface area (Å²) in [6, 6.07) is -0.614. The molecule has 0 rings (SSSR count). The van der Waals surface area contributed by atoms with Gasteiger partial charge in [-0.1, -0.05) is 52.4 Å². The summed E-state index contributed by atoms with van der Waals surface area (Å²) in [5, 5.41) is 3.18. The number of hydrogen-bond donors (Lipinski definition) is 2. The van der Waals surface area contributed by atoms with Gasteiger partial charge < -0.3 is 19.7 Å². The van der Waals surface area contributed by atoms with E-state index in [9.17, 15) is 9.59 Å². The highest BCUT2D eigenvalue weighted by Crippen LogP contribution is 2.04. The number of nitrogens with one attached hydrogen (secondary N) is 2. The molecule has 1 unspecified atom stereocenters. The molecule has 160 valence electrons. The van der Waals surface area contributed by atoms with E-state index in [2.05, 4.69) is 33.3 Å². The third-order valence-electron chi connectivity index (χ3n) is 4.40. The van der Waals surface area contributed by atoms with Crippen molar-refractivity contribution in [1.29, 1.82) is 0 Å². The van der Waals surface area contributed by atoms with E-state index in [4.69, 9.17) is 9.47 Å². The minimum atomic E-state index is -0.614. The first-order chi connectivity index (χ1) is 13.0. The van der Waals surface area contributed by atoms with Crippen molar-refractivity contribution in [3.8, 4) is 0 Å². The number of unbranched alkanes of at least 4 members (excludes halogenated alkanes) is 6. The minimum Gasteiger partial charge on any atom is -0.466 e. The average Bonchev–Trinajstić information content (AvgIpc) is 2.63. The highest BCUT2D eigenvalue weighted by Gasteiger charge is 2.23. The van der Waals surface area contributed by atoms with Gasteiger partial charge in [-0.15, -0.1) is 0 Å². The van der Waals surface area contributed by atoms with Crippen LogP contribution < -0.4 is 10.2 Å². The molecule has 0 aliphatic rings. The predicted octanol–water partition coefficient (Wildman–Crippen LogP) is 2.12. The van der Waals surface area contributed by atoms with Gasteiger partial charge in [0.25, 0.3) is 0 Å². The van der Waals surface area contributed by atoms with Crippen LogP contribution in [0.4, 0.5) is 0 Å². The molecule has 1 atom stereocenters. The fourth-order valence-electron chi connectivity index (χ4n) is 2.70. The molecule has 0 aromatic carbocycles. The Morgan fingerprint density at radius 3 is 2.00 bits per heavy atom. The normalized spacial score (nSPS) is 12.2. The zero-order valence-electron chi connectivity index (χ0n) is 18.1. The van der Waals surface area contributed by atoms with E-state index in [-0.39, 0.29) is 18.4 Å². The number of rotatable bonds is 18. The summed E-state index contributed by atoms with van der Waals surface area (Å²) in [5.41, 5.74) is 0. The Labute approximate surface area is 166 Å². The maximum Gasteiger partial charge on any atom is 0.323 e. The largest absolute Gasteiger partial charge is 0.466 e. The quantitative estimate of drug-likeness (QED) is 0.278. The van der Waals surface area contributed by atoms with Crippen LogP contribution in [0.25, 0.3) is 0 Å².